The monoisotopic (exact) mass is 255 g/mol. The summed E-state index contributed by atoms with van der Waals surface area (Å²) < 4.78 is 40.4. The molecule has 0 saturated heterocycles. The van der Waals surface area contributed by atoms with E-state index in [0.29, 0.717) is 17.3 Å². The zero-order valence-corrected chi connectivity index (χ0v) is 10.2. The average Bonchev–Trinajstić information content (AvgIpc) is 2.25. The molecule has 1 aromatic carbocycles. The van der Waals surface area contributed by atoms with Crippen LogP contribution in [0.1, 0.15) is 31.0 Å². The molecule has 96 valence electrons. The van der Waals surface area contributed by atoms with Gasteiger partial charge in [-0.2, -0.15) is 0 Å². The van der Waals surface area contributed by atoms with E-state index in [9.17, 15) is 18.0 Å². The van der Waals surface area contributed by atoms with Crippen LogP contribution in [0.25, 0.3) is 10.9 Å². The van der Waals surface area contributed by atoms with E-state index in [2.05, 4.69) is 4.98 Å². The van der Waals surface area contributed by atoms with Gasteiger partial charge in [-0.15, -0.1) is 0 Å². The molecule has 0 aliphatic rings. The minimum Gasteiger partial charge on any atom is -0.356 e. The van der Waals surface area contributed by atoms with Crippen molar-refractivity contribution in [3.63, 3.8) is 0 Å². The molecule has 0 unspecified atom stereocenters. The highest BCUT2D eigenvalue weighted by Crippen LogP contribution is 2.23. The summed E-state index contributed by atoms with van der Waals surface area (Å²) in [5.74, 6) is -3.80. The first kappa shape index (κ1) is 12.7. The van der Waals surface area contributed by atoms with Gasteiger partial charge in [0.2, 0.25) is 0 Å². The maximum atomic E-state index is 13.7. The van der Waals surface area contributed by atoms with Gasteiger partial charge in [-0.1, -0.05) is 13.8 Å². The average molecular weight is 255 g/mol. The third-order valence-electron chi connectivity index (χ3n) is 2.94. The van der Waals surface area contributed by atoms with E-state index in [0.717, 1.165) is 0 Å². The largest absolute Gasteiger partial charge is 0.356 e. The highest BCUT2D eigenvalue weighted by atomic mass is 19.2. The predicted octanol–water partition coefficient (Wildman–Crippen LogP) is 3.38. The molecule has 1 aromatic heterocycles. The van der Waals surface area contributed by atoms with Crippen LogP contribution in [0.5, 0.6) is 0 Å². The highest BCUT2D eigenvalue weighted by molar-refractivity contribution is 5.81. The Morgan fingerprint density at radius 2 is 1.78 bits per heavy atom. The molecule has 1 N–H and O–H groups in total. The maximum absolute atomic E-state index is 13.7. The van der Waals surface area contributed by atoms with E-state index in [1.807, 2.05) is 0 Å². The van der Waals surface area contributed by atoms with Gasteiger partial charge in [-0.25, -0.2) is 13.2 Å². The van der Waals surface area contributed by atoms with Gasteiger partial charge in [-0.3, -0.25) is 4.79 Å². The van der Waals surface area contributed by atoms with Crippen LogP contribution >= 0.6 is 0 Å². The Morgan fingerprint density at radius 3 is 2.33 bits per heavy atom. The zero-order chi connectivity index (χ0) is 13.6. The number of halogens is 3. The first-order valence-corrected chi connectivity index (χ1v) is 5.54. The van der Waals surface area contributed by atoms with Gasteiger partial charge in [0, 0.05) is 17.3 Å². The quantitative estimate of drug-likeness (QED) is 0.778. The lowest BCUT2D eigenvalue weighted by atomic mass is 9.98. The number of rotatable bonds is 1. The van der Waals surface area contributed by atoms with Crippen molar-refractivity contribution in [3.05, 3.63) is 45.0 Å². The Morgan fingerprint density at radius 1 is 1.17 bits per heavy atom. The number of aromatic amines is 1. The van der Waals surface area contributed by atoms with Crippen molar-refractivity contribution in [1.82, 2.24) is 4.98 Å². The number of nitrogens with one attached hydrogen (secondary N) is 1. The smallest absolute Gasteiger partial charge is 0.196 e. The summed E-state index contributed by atoms with van der Waals surface area (Å²) in [6.07, 6.45) is 0. The number of benzene rings is 1. The molecule has 0 bridgehead atoms. The Kier molecular flexibility index (Phi) is 2.92. The van der Waals surface area contributed by atoms with Crippen molar-refractivity contribution in [2.45, 2.75) is 26.7 Å². The minimum atomic E-state index is -1.36. The molecule has 2 rings (SSSR count). The van der Waals surface area contributed by atoms with E-state index in [-0.39, 0.29) is 11.4 Å². The SMILES string of the molecule is Cc1[nH]c2c(F)cc(F)c(F)c2c(=O)c1C(C)C. The van der Waals surface area contributed by atoms with Crippen molar-refractivity contribution in [3.8, 4) is 0 Å². The van der Waals surface area contributed by atoms with Gasteiger partial charge >= 0.3 is 0 Å². The molecule has 0 aliphatic heterocycles. The van der Waals surface area contributed by atoms with E-state index >= 15 is 0 Å². The number of H-pyrrole nitrogens is 1. The maximum Gasteiger partial charge on any atom is 0.196 e. The van der Waals surface area contributed by atoms with Crippen molar-refractivity contribution in [2.24, 2.45) is 0 Å². The minimum absolute atomic E-state index is 0.163. The second-order valence-corrected chi connectivity index (χ2v) is 4.55. The van der Waals surface area contributed by atoms with Crippen LogP contribution in [0.15, 0.2) is 10.9 Å². The summed E-state index contributed by atoms with van der Waals surface area (Å²) in [5.41, 5.74) is -0.147. The summed E-state index contributed by atoms with van der Waals surface area (Å²) >= 11 is 0. The topological polar surface area (TPSA) is 32.9 Å². The molecule has 0 fully saturated rings. The molecule has 0 aliphatic carbocycles. The Labute approximate surface area is 101 Å². The van der Waals surface area contributed by atoms with Crippen LogP contribution in [0.4, 0.5) is 13.2 Å². The summed E-state index contributed by atoms with van der Waals surface area (Å²) in [6, 6.07) is 0.433. The highest BCUT2D eigenvalue weighted by Gasteiger charge is 2.20. The number of aromatic nitrogens is 1. The molecular weight excluding hydrogens is 243 g/mol. The first-order valence-electron chi connectivity index (χ1n) is 5.54. The van der Waals surface area contributed by atoms with Gasteiger partial charge in [0.05, 0.1) is 10.9 Å². The zero-order valence-electron chi connectivity index (χ0n) is 10.2. The van der Waals surface area contributed by atoms with E-state index in [4.69, 9.17) is 0 Å². The second-order valence-electron chi connectivity index (χ2n) is 4.55. The molecular formula is C13H12F3NO. The molecule has 0 atom stereocenters. The summed E-state index contributed by atoms with van der Waals surface area (Å²) in [7, 11) is 0. The van der Waals surface area contributed by atoms with Gasteiger partial charge in [0.25, 0.3) is 0 Å². The van der Waals surface area contributed by atoms with Gasteiger partial charge in [0.1, 0.15) is 0 Å². The van der Waals surface area contributed by atoms with E-state index < -0.39 is 28.3 Å². The standard InChI is InChI=1S/C13H12F3NO/c1-5(2)9-6(3)17-12-8(15)4-7(14)11(16)10(12)13(9)18/h4-5H,1-3H3,(H,17,18). The van der Waals surface area contributed by atoms with Crippen molar-refractivity contribution in [2.75, 3.05) is 0 Å². The van der Waals surface area contributed by atoms with Gasteiger partial charge in [0.15, 0.2) is 22.9 Å². The van der Waals surface area contributed by atoms with E-state index in [1.54, 1.807) is 20.8 Å². The molecule has 1 heterocycles. The van der Waals surface area contributed by atoms with Crippen LogP contribution in [-0.4, -0.2) is 4.98 Å². The molecule has 0 amide bonds. The fourth-order valence-corrected chi connectivity index (χ4v) is 2.19. The second kappa shape index (κ2) is 4.15. The molecule has 2 nitrogen and oxygen atoms in total. The van der Waals surface area contributed by atoms with Crippen LogP contribution < -0.4 is 5.43 Å². The molecule has 18 heavy (non-hydrogen) atoms. The lowest BCUT2D eigenvalue weighted by Crippen LogP contribution is -2.17. The third-order valence-corrected chi connectivity index (χ3v) is 2.94. The fraction of sp³-hybridized carbons (Fsp3) is 0.308. The Bertz CT molecular complexity index is 689. The number of fused-ring (bicyclic) bond motifs is 1. The number of hydrogen-bond donors (Lipinski definition) is 1. The molecule has 2 aromatic rings. The summed E-state index contributed by atoms with van der Waals surface area (Å²) in [4.78, 5) is 14.8. The lowest BCUT2D eigenvalue weighted by Gasteiger charge is -2.11. The van der Waals surface area contributed by atoms with Gasteiger partial charge in [-0.05, 0) is 12.8 Å². The lowest BCUT2D eigenvalue weighted by molar-refractivity contribution is 0.504. The Balaban J connectivity index is 3.07. The van der Waals surface area contributed by atoms with Crippen LogP contribution in [0, 0.1) is 24.4 Å². The van der Waals surface area contributed by atoms with Crippen molar-refractivity contribution < 1.29 is 13.2 Å². The molecule has 0 saturated carbocycles. The molecule has 5 heteroatoms. The predicted molar refractivity (Wildman–Crippen MR) is 63.3 cm³/mol. The van der Waals surface area contributed by atoms with Crippen LogP contribution in [-0.2, 0) is 0 Å². The molecule has 0 spiro atoms. The Hall–Kier alpha value is -1.78. The first-order chi connectivity index (χ1) is 8.34. The summed E-state index contributed by atoms with van der Waals surface area (Å²) in [6.45, 7) is 5.13. The number of hydrogen-bond acceptors (Lipinski definition) is 1. The normalized spacial score (nSPS) is 11.5. The van der Waals surface area contributed by atoms with Crippen molar-refractivity contribution >= 4 is 10.9 Å². The number of pyridine rings is 1. The van der Waals surface area contributed by atoms with E-state index in [1.165, 1.54) is 0 Å². The number of aryl methyl sites for hydroxylation is 1. The summed E-state index contributed by atoms with van der Waals surface area (Å²) in [5, 5.41) is -0.554. The van der Waals surface area contributed by atoms with Crippen LogP contribution in [0.3, 0.4) is 0 Å². The fourth-order valence-electron chi connectivity index (χ4n) is 2.19. The molecule has 0 radical (unpaired) electrons. The van der Waals surface area contributed by atoms with Crippen molar-refractivity contribution in [1.29, 1.82) is 0 Å². The third kappa shape index (κ3) is 1.70. The van der Waals surface area contributed by atoms with Gasteiger partial charge < -0.3 is 4.98 Å². The van der Waals surface area contributed by atoms with Crippen LogP contribution in [0.2, 0.25) is 0 Å².